The highest BCUT2D eigenvalue weighted by Gasteiger charge is 2.19. The monoisotopic (exact) mass is 183 g/mol. The van der Waals surface area contributed by atoms with E-state index in [1.165, 1.54) is 38.6 Å². The summed E-state index contributed by atoms with van der Waals surface area (Å²) in [6.07, 6.45) is 7.28. The van der Waals surface area contributed by atoms with Crippen molar-refractivity contribution in [2.45, 2.75) is 58.9 Å². The van der Waals surface area contributed by atoms with Crippen molar-refractivity contribution in [3.8, 4) is 0 Å². The molecule has 1 heteroatoms. The summed E-state index contributed by atoms with van der Waals surface area (Å²) in [6.45, 7) is 8.09. The van der Waals surface area contributed by atoms with E-state index in [4.69, 9.17) is 0 Å². The van der Waals surface area contributed by atoms with E-state index in [9.17, 15) is 0 Å². The normalized spacial score (nSPS) is 22.2. The van der Waals surface area contributed by atoms with Crippen LogP contribution in [0.5, 0.6) is 0 Å². The maximum atomic E-state index is 3.65. The zero-order valence-electron chi connectivity index (χ0n) is 9.47. The molecule has 0 amide bonds. The zero-order valence-corrected chi connectivity index (χ0v) is 9.47. The molecule has 0 spiro atoms. The first-order valence-electron chi connectivity index (χ1n) is 5.93. The average molecular weight is 183 g/mol. The topological polar surface area (TPSA) is 12.0 Å². The first-order chi connectivity index (χ1) is 6.20. The smallest absolute Gasteiger partial charge is 0.00671 e. The molecule has 0 aromatic rings. The van der Waals surface area contributed by atoms with Gasteiger partial charge in [0.25, 0.3) is 0 Å². The van der Waals surface area contributed by atoms with E-state index in [-0.39, 0.29) is 0 Å². The molecule has 1 unspecified atom stereocenters. The fourth-order valence-corrected chi connectivity index (χ4v) is 2.22. The summed E-state index contributed by atoms with van der Waals surface area (Å²) in [7, 11) is 0. The highest BCUT2D eigenvalue weighted by molar-refractivity contribution is 4.75. The quantitative estimate of drug-likeness (QED) is 0.706. The van der Waals surface area contributed by atoms with Gasteiger partial charge in [-0.05, 0) is 38.1 Å². The van der Waals surface area contributed by atoms with Crippen molar-refractivity contribution in [2.75, 3.05) is 6.54 Å². The Hall–Kier alpha value is -0.0400. The van der Waals surface area contributed by atoms with Crippen molar-refractivity contribution < 1.29 is 0 Å². The Labute approximate surface area is 83.3 Å². The van der Waals surface area contributed by atoms with Gasteiger partial charge in [0.2, 0.25) is 0 Å². The van der Waals surface area contributed by atoms with E-state index in [1.54, 1.807) is 0 Å². The van der Waals surface area contributed by atoms with Crippen LogP contribution in [0.3, 0.4) is 0 Å². The number of hydrogen-bond donors (Lipinski definition) is 1. The maximum Gasteiger partial charge on any atom is 0.00671 e. The lowest BCUT2D eigenvalue weighted by Gasteiger charge is -2.28. The van der Waals surface area contributed by atoms with Crippen molar-refractivity contribution in [1.29, 1.82) is 0 Å². The summed E-state index contributed by atoms with van der Waals surface area (Å²) >= 11 is 0. The van der Waals surface area contributed by atoms with Crippen LogP contribution < -0.4 is 5.32 Å². The Balaban J connectivity index is 2.17. The standard InChI is InChI=1S/C12H25N/c1-10(2)9-13-11(3)12-7-5-4-6-8-12/h10-13H,4-9H2,1-3H3. The van der Waals surface area contributed by atoms with Crippen LogP contribution in [0.15, 0.2) is 0 Å². The molecule has 1 rings (SSSR count). The van der Waals surface area contributed by atoms with Gasteiger partial charge in [-0.25, -0.2) is 0 Å². The number of hydrogen-bond acceptors (Lipinski definition) is 1. The van der Waals surface area contributed by atoms with Crippen LogP contribution >= 0.6 is 0 Å². The van der Waals surface area contributed by atoms with Gasteiger partial charge in [-0.2, -0.15) is 0 Å². The third kappa shape index (κ3) is 4.12. The predicted molar refractivity (Wildman–Crippen MR) is 58.9 cm³/mol. The van der Waals surface area contributed by atoms with Gasteiger partial charge in [-0.1, -0.05) is 33.1 Å². The lowest BCUT2D eigenvalue weighted by molar-refractivity contribution is 0.276. The van der Waals surface area contributed by atoms with E-state index < -0.39 is 0 Å². The zero-order chi connectivity index (χ0) is 9.68. The molecule has 1 fully saturated rings. The Morgan fingerprint density at radius 3 is 2.23 bits per heavy atom. The van der Waals surface area contributed by atoms with Gasteiger partial charge in [-0.3, -0.25) is 0 Å². The summed E-state index contributed by atoms with van der Waals surface area (Å²) in [4.78, 5) is 0. The lowest BCUT2D eigenvalue weighted by Crippen LogP contribution is -2.36. The fraction of sp³-hybridized carbons (Fsp3) is 1.00. The van der Waals surface area contributed by atoms with Crippen LogP contribution in [-0.2, 0) is 0 Å². The highest BCUT2D eigenvalue weighted by Crippen LogP contribution is 2.26. The molecule has 1 N–H and O–H groups in total. The Morgan fingerprint density at radius 1 is 1.08 bits per heavy atom. The van der Waals surface area contributed by atoms with Crippen molar-refractivity contribution >= 4 is 0 Å². The molecule has 0 saturated heterocycles. The molecule has 1 nitrogen and oxygen atoms in total. The minimum Gasteiger partial charge on any atom is -0.314 e. The van der Waals surface area contributed by atoms with E-state index in [1.807, 2.05) is 0 Å². The van der Waals surface area contributed by atoms with Gasteiger partial charge in [0.05, 0.1) is 0 Å². The van der Waals surface area contributed by atoms with Gasteiger partial charge in [-0.15, -0.1) is 0 Å². The second-order valence-electron chi connectivity index (χ2n) is 4.99. The molecule has 1 atom stereocenters. The van der Waals surface area contributed by atoms with Gasteiger partial charge in [0, 0.05) is 6.04 Å². The molecule has 13 heavy (non-hydrogen) atoms. The third-order valence-electron chi connectivity index (χ3n) is 3.21. The molecule has 0 radical (unpaired) electrons. The van der Waals surface area contributed by atoms with Crippen LogP contribution in [0.4, 0.5) is 0 Å². The summed E-state index contributed by atoms with van der Waals surface area (Å²) in [6, 6.07) is 0.739. The molecule has 0 heterocycles. The number of nitrogens with one attached hydrogen (secondary N) is 1. The van der Waals surface area contributed by atoms with E-state index in [0.717, 1.165) is 17.9 Å². The first kappa shape index (κ1) is 11.0. The predicted octanol–water partition coefficient (Wildman–Crippen LogP) is 3.20. The van der Waals surface area contributed by atoms with Crippen molar-refractivity contribution in [3.63, 3.8) is 0 Å². The molecule has 0 aliphatic heterocycles. The Kier molecular flexibility index (Phi) is 4.79. The molecule has 78 valence electrons. The van der Waals surface area contributed by atoms with Crippen LogP contribution in [-0.4, -0.2) is 12.6 Å². The molecule has 1 saturated carbocycles. The van der Waals surface area contributed by atoms with Crippen LogP contribution in [0.1, 0.15) is 52.9 Å². The SMILES string of the molecule is CC(C)CNC(C)C1CCCCC1. The molecule has 1 aliphatic rings. The molecular weight excluding hydrogens is 158 g/mol. The minimum absolute atomic E-state index is 0.739. The molecule has 0 aromatic heterocycles. The van der Waals surface area contributed by atoms with Crippen molar-refractivity contribution in [2.24, 2.45) is 11.8 Å². The van der Waals surface area contributed by atoms with Gasteiger partial charge in [0.1, 0.15) is 0 Å². The summed E-state index contributed by atoms with van der Waals surface area (Å²) in [5, 5.41) is 3.65. The van der Waals surface area contributed by atoms with Gasteiger partial charge in [0.15, 0.2) is 0 Å². The second-order valence-corrected chi connectivity index (χ2v) is 4.99. The summed E-state index contributed by atoms with van der Waals surface area (Å²) < 4.78 is 0. The fourth-order valence-electron chi connectivity index (χ4n) is 2.22. The Bertz CT molecular complexity index is 125. The summed E-state index contributed by atoms with van der Waals surface area (Å²) in [5.74, 6) is 1.73. The average Bonchev–Trinajstić information content (AvgIpc) is 2.15. The van der Waals surface area contributed by atoms with E-state index >= 15 is 0 Å². The first-order valence-corrected chi connectivity index (χ1v) is 5.93. The Morgan fingerprint density at radius 2 is 1.69 bits per heavy atom. The molecule has 1 aliphatic carbocycles. The largest absolute Gasteiger partial charge is 0.314 e. The minimum atomic E-state index is 0.739. The molecule has 0 bridgehead atoms. The molecular formula is C12H25N. The van der Waals surface area contributed by atoms with Crippen molar-refractivity contribution in [1.82, 2.24) is 5.32 Å². The van der Waals surface area contributed by atoms with Crippen LogP contribution in [0.25, 0.3) is 0 Å². The van der Waals surface area contributed by atoms with E-state index in [2.05, 4.69) is 26.1 Å². The second kappa shape index (κ2) is 5.64. The number of rotatable bonds is 4. The van der Waals surface area contributed by atoms with E-state index in [0.29, 0.717) is 0 Å². The molecule has 0 aromatic carbocycles. The van der Waals surface area contributed by atoms with Crippen LogP contribution in [0.2, 0.25) is 0 Å². The van der Waals surface area contributed by atoms with Crippen LogP contribution in [0, 0.1) is 11.8 Å². The third-order valence-corrected chi connectivity index (χ3v) is 3.21. The highest BCUT2D eigenvalue weighted by atomic mass is 14.9. The lowest BCUT2D eigenvalue weighted by atomic mass is 9.84. The summed E-state index contributed by atoms with van der Waals surface area (Å²) in [5.41, 5.74) is 0. The maximum absolute atomic E-state index is 3.65. The van der Waals surface area contributed by atoms with Gasteiger partial charge < -0.3 is 5.32 Å². The van der Waals surface area contributed by atoms with Crippen molar-refractivity contribution in [3.05, 3.63) is 0 Å². The van der Waals surface area contributed by atoms with Gasteiger partial charge >= 0.3 is 0 Å².